The van der Waals surface area contributed by atoms with E-state index in [1.54, 1.807) is 12.1 Å². The number of anilines is 1. The number of amides is 1. The number of nitrogens with zero attached hydrogens (tertiary/aromatic N) is 4. The molecule has 0 aliphatic heterocycles. The molecule has 1 N–H and O–H groups in total. The van der Waals surface area contributed by atoms with E-state index < -0.39 is 5.91 Å². The van der Waals surface area contributed by atoms with Crippen molar-refractivity contribution in [1.29, 1.82) is 0 Å². The summed E-state index contributed by atoms with van der Waals surface area (Å²) >= 11 is 7.29. The van der Waals surface area contributed by atoms with Crippen LogP contribution < -0.4 is 14.8 Å². The summed E-state index contributed by atoms with van der Waals surface area (Å²) in [6.45, 7) is 10.6. The zero-order chi connectivity index (χ0) is 27.7. The minimum Gasteiger partial charge on any atom is -0.494 e. The lowest BCUT2D eigenvalue weighted by atomic mass is 10.0. The molecule has 38 heavy (non-hydrogen) atoms. The number of halogens is 1. The number of nitrogens with one attached hydrogen (secondary N) is 1. The molecule has 3 heterocycles. The van der Waals surface area contributed by atoms with Gasteiger partial charge in [0.15, 0.2) is 0 Å². The molecule has 3 rings (SSSR count). The van der Waals surface area contributed by atoms with Gasteiger partial charge in [-0.25, -0.2) is 4.98 Å². The van der Waals surface area contributed by atoms with Crippen molar-refractivity contribution in [2.75, 3.05) is 19.0 Å². The third kappa shape index (κ3) is 7.49. The average Bonchev–Trinajstić information content (AvgIpc) is 3.37. The number of methoxy groups -OCH3 is 1. The number of carbonyl (C=O) groups is 1. The molecular weight excluding hydrogens is 522 g/mol. The fourth-order valence-corrected chi connectivity index (χ4v) is 4.29. The molecule has 8 nitrogen and oxygen atoms in total. The quantitative estimate of drug-likeness (QED) is 0.197. The lowest BCUT2D eigenvalue weighted by molar-refractivity contribution is 0.102. The Kier molecular flexibility index (Phi) is 10.6. The van der Waals surface area contributed by atoms with Crippen LogP contribution in [-0.2, 0) is 0 Å². The molecule has 0 unspecified atom stereocenters. The van der Waals surface area contributed by atoms with Gasteiger partial charge in [-0.3, -0.25) is 15.1 Å². The van der Waals surface area contributed by atoms with Crippen LogP contribution in [0.2, 0.25) is 5.15 Å². The highest BCUT2D eigenvalue weighted by atomic mass is 35.5. The van der Waals surface area contributed by atoms with Crippen molar-refractivity contribution < 1.29 is 14.3 Å². The molecule has 0 saturated carbocycles. The van der Waals surface area contributed by atoms with Crippen LogP contribution in [0.1, 0.15) is 56.6 Å². The van der Waals surface area contributed by atoms with Gasteiger partial charge < -0.3 is 9.47 Å². The molecule has 0 aromatic carbocycles. The topological polar surface area (TPSA) is 99.1 Å². The molecule has 0 aliphatic carbocycles. The Morgan fingerprint density at radius 3 is 2.58 bits per heavy atom. The van der Waals surface area contributed by atoms with E-state index >= 15 is 0 Å². The number of aryl methyl sites for hydroxylation is 1. The minimum atomic E-state index is -0.394. The summed E-state index contributed by atoms with van der Waals surface area (Å²) in [4.78, 5) is 21.6. The van der Waals surface area contributed by atoms with Gasteiger partial charge in [-0.15, -0.1) is 5.10 Å². The number of allylic oxidation sites excluding steroid dienone is 4. The van der Waals surface area contributed by atoms with E-state index in [9.17, 15) is 4.79 Å². The fraction of sp³-hybridized carbons (Fsp3) is 0.321. The number of aromatic nitrogens is 4. The molecule has 0 spiro atoms. The van der Waals surface area contributed by atoms with E-state index in [0.717, 1.165) is 35.4 Å². The summed E-state index contributed by atoms with van der Waals surface area (Å²) in [6, 6.07) is 3.45. The van der Waals surface area contributed by atoms with Gasteiger partial charge in [-0.2, -0.15) is 0 Å². The SMILES string of the molecule is C\C=C(/C=C\C(COc1nnc(NC(=O)c2cnc(C)cc2-c2cc(Cl)ncc2OC)s1)=C(\C)CC)CC. The van der Waals surface area contributed by atoms with Crippen LogP contribution in [-0.4, -0.2) is 39.8 Å². The second-order valence-corrected chi connectivity index (χ2v) is 9.73. The first-order valence-corrected chi connectivity index (χ1v) is 13.4. The van der Waals surface area contributed by atoms with Crippen molar-refractivity contribution in [3.63, 3.8) is 0 Å². The smallest absolute Gasteiger partial charge is 0.296 e. The standard InChI is InChI=1S/C28H32ClN5O3S/c1-7-17(4)20(11-10-19(8-2)9-3)16-37-28-34-33-27(38-28)32-26(35)23-14-30-18(5)12-21(23)22-13-25(29)31-15-24(22)36-6/h8,10-15H,7,9,16H2,1-6H3,(H,32,33,35)/b11-10-,19-8-,20-17+. The second-order valence-electron chi connectivity index (χ2n) is 8.40. The van der Waals surface area contributed by atoms with Gasteiger partial charge in [-0.05, 0) is 62.7 Å². The van der Waals surface area contributed by atoms with Crippen LogP contribution in [0, 0.1) is 6.92 Å². The first-order chi connectivity index (χ1) is 18.3. The maximum absolute atomic E-state index is 13.2. The van der Waals surface area contributed by atoms with Crippen molar-refractivity contribution in [2.45, 2.75) is 47.5 Å². The lowest BCUT2D eigenvalue weighted by Crippen LogP contribution is -2.14. The first kappa shape index (κ1) is 29.0. The van der Waals surface area contributed by atoms with E-state index in [1.807, 2.05) is 13.8 Å². The van der Waals surface area contributed by atoms with E-state index in [4.69, 9.17) is 21.1 Å². The van der Waals surface area contributed by atoms with Gasteiger partial charge >= 0.3 is 0 Å². The summed E-state index contributed by atoms with van der Waals surface area (Å²) in [7, 11) is 1.53. The predicted octanol–water partition coefficient (Wildman–Crippen LogP) is 7.24. The van der Waals surface area contributed by atoms with Gasteiger partial charge in [0.1, 0.15) is 17.5 Å². The second kappa shape index (κ2) is 13.8. The summed E-state index contributed by atoms with van der Waals surface area (Å²) < 4.78 is 11.4. The summed E-state index contributed by atoms with van der Waals surface area (Å²) in [5, 5.41) is 11.9. The van der Waals surface area contributed by atoms with Crippen molar-refractivity contribution in [3.8, 4) is 22.1 Å². The molecule has 10 heteroatoms. The Morgan fingerprint density at radius 1 is 1.11 bits per heavy atom. The molecule has 0 saturated heterocycles. The van der Waals surface area contributed by atoms with Crippen LogP contribution in [0.3, 0.4) is 0 Å². The average molecular weight is 554 g/mol. The molecular formula is C28H32ClN5O3S. The van der Waals surface area contributed by atoms with Gasteiger partial charge in [0, 0.05) is 23.0 Å². The minimum absolute atomic E-state index is 0.283. The van der Waals surface area contributed by atoms with Gasteiger partial charge in [-0.1, -0.05) is 59.9 Å². The maximum atomic E-state index is 13.2. The maximum Gasteiger partial charge on any atom is 0.296 e. The number of hydrogen-bond donors (Lipinski definition) is 1. The molecule has 0 atom stereocenters. The van der Waals surface area contributed by atoms with Gasteiger partial charge in [0.05, 0.1) is 18.9 Å². The summed E-state index contributed by atoms with van der Waals surface area (Å²) in [5.74, 6) is 0.0930. The van der Waals surface area contributed by atoms with E-state index in [0.29, 0.717) is 39.4 Å². The lowest BCUT2D eigenvalue weighted by Gasteiger charge is -2.13. The summed E-state index contributed by atoms with van der Waals surface area (Å²) in [5.41, 5.74) is 5.88. The Hall–Kier alpha value is -3.56. The monoisotopic (exact) mass is 553 g/mol. The van der Waals surface area contributed by atoms with Crippen LogP contribution >= 0.6 is 22.9 Å². The van der Waals surface area contributed by atoms with E-state index in [2.05, 4.69) is 64.5 Å². The predicted molar refractivity (Wildman–Crippen MR) is 153 cm³/mol. The third-order valence-electron chi connectivity index (χ3n) is 5.96. The Labute approximate surface area is 232 Å². The highest BCUT2D eigenvalue weighted by Crippen LogP contribution is 2.34. The molecule has 0 fully saturated rings. The van der Waals surface area contributed by atoms with E-state index in [-0.39, 0.29) is 5.15 Å². The third-order valence-corrected chi connectivity index (χ3v) is 6.92. The molecule has 3 aromatic heterocycles. The number of hydrogen-bond acceptors (Lipinski definition) is 8. The molecule has 0 aliphatic rings. The van der Waals surface area contributed by atoms with Crippen molar-refractivity contribution in [1.82, 2.24) is 20.2 Å². The van der Waals surface area contributed by atoms with Crippen molar-refractivity contribution >= 4 is 34.0 Å². The number of rotatable bonds is 11. The molecule has 1 amide bonds. The largest absolute Gasteiger partial charge is 0.494 e. The van der Waals surface area contributed by atoms with E-state index in [1.165, 1.54) is 30.6 Å². The zero-order valence-corrected chi connectivity index (χ0v) is 24.0. The summed E-state index contributed by atoms with van der Waals surface area (Å²) in [6.07, 6.45) is 11.2. The van der Waals surface area contributed by atoms with Gasteiger partial charge in [0.25, 0.3) is 11.1 Å². The molecule has 3 aromatic rings. The van der Waals surface area contributed by atoms with Crippen LogP contribution in [0.25, 0.3) is 11.1 Å². The highest BCUT2D eigenvalue weighted by Gasteiger charge is 2.19. The van der Waals surface area contributed by atoms with Crippen LogP contribution in [0.15, 0.2) is 59.5 Å². The number of pyridine rings is 2. The number of carbonyl (C=O) groups excluding carboxylic acids is 1. The number of ether oxygens (including phenoxy) is 2. The van der Waals surface area contributed by atoms with Crippen LogP contribution in [0.5, 0.6) is 10.9 Å². The Balaban J connectivity index is 1.78. The van der Waals surface area contributed by atoms with Gasteiger partial charge in [0.2, 0.25) is 5.13 Å². The van der Waals surface area contributed by atoms with Crippen LogP contribution in [0.4, 0.5) is 5.13 Å². The Morgan fingerprint density at radius 2 is 1.89 bits per heavy atom. The highest BCUT2D eigenvalue weighted by molar-refractivity contribution is 7.17. The molecule has 0 bridgehead atoms. The zero-order valence-electron chi connectivity index (χ0n) is 22.5. The molecule has 0 radical (unpaired) electrons. The Bertz CT molecular complexity index is 1380. The normalized spacial score (nSPS) is 12.4. The first-order valence-electron chi connectivity index (χ1n) is 12.3. The van der Waals surface area contributed by atoms with Crippen molar-refractivity contribution in [3.05, 3.63) is 75.9 Å². The molecule has 200 valence electrons. The fourth-order valence-electron chi connectivity index (χ4n) is 3.54. The van der Waals surface area contributed by atoms with Crippen molar-refractivity contribution in [2.24, 2.45) is 0 Å².